The normalized spacial score (nSPS) is 17.3. The molecule has 36 heavy (non-hydrogen) atoms. The predicted octanol–water partition coefficient (Wildman–Crippen LogP) is 7.02. The van der Waals surface area contributed by atoms with E-state index in [1.165, 1.54) is 38.2 Å². The number of benzene rings is 3. The molecule has 0 heterocycles. The van der Waals surface area contributed by atoms with Crippen LogP contribution in [0.3, 0.4) is 0 Å². The van der Waals surface area contributed by atoms with E-state index < -0.39 is 11.8 Å². The van der Waals surface area contributed by atoms with E-state index >= 15 is 0 Å². The van der Waals surface area contributed by atoms with Crippen LogP contribution >= 0.6 is 0 Å². The van der Waals surface area contributed by atoms with Crippen LogP contribution in [0.25, 0.3) is 11.1 Å². The van der Waals surface area contributed by atoms with Crippen LogP contribution < -0.4 is 4.74 Å². The summed E-state index contributed by atoms with van der Waals surface area (Å²) in [6.07, 6.45) is 5.58. The summed E-state index contributed by atoms with van der Waals surface area (Å²) in [5.74, 6) is 0.806. The van der Waals surface area contributed by atoms with E-state index in [1.54, 1.807) is 0 Å². The molecular weight excluding hydrogens is 455 g/mol. The first-order valence-corrected chi connectivity index (χ1v) is 12.6. The Morgan fingerprint density at radius 3 is 2.56 bits per heavy atom. The molecule has 1 atom stereocenters. The summed E-state index contributed by atoms with van der Waals surface area (Å²) in [7, 11) is 1.30. The van der Waals surface area contributed by atoms with Gasteiger partial charge in [-0.3, -0.25) is 4.79 Å². The summed E-state index contributed by atoms with van der Waals surface area (Å²) in [6.45, 7) is 4.34. The van der Waals surface area contributed by atoms with E-state index in [0.29, 0.717) is 35.0 Å². The molecule has 0 saturated heterocycles. The molecule has 5 heteroatoms. The van der Waals surface area contributed by atoms with Crippen molar-refractivity contribution in [2.24, 2.45) is 11.8 Å². The maximum Gasteiger partial charge on any atom is 0.337 e. The van der Waals surface area contributed by atoms with Gasteiger partial charge in [0.25, 0.3) is 0 Å². The van der Waals surface area contributed by atoms with Crippen molar-refractivity contribution >= 4 is 11.8 Å². The van der Waals surface area contributed by atoms with Gasteiger partial charge in [0.1, 0.15) is 18.2 Å². The van der Waals surface area contributed by atoms with Gasteiger partial charge in [0, 0.05) is 17.0 Å². The molecule has 0 radical (unpaired) electrons. The SMILES string of the molecule is COC(=O)c1ccc(F)c(-c2cccc(COc3cc4c(c(C)c3C)C(=O)C(C3CCCC3)C4)c2)c1. The van der Waals surface area contributed by atoms with Gasteiger partial charge in [0.05, 0.1) is 12.7 Å². The van der Waals surface area contributed by atoms with Crippen molar-refractivity contribution in [3.8, 4) is 16.9 Å². The second-order valence-electron chi connectivity index (χ2n) is 10.1. The van der Waals surface area contributed by atoms with Crippen molar-refractivity contribution in [3.63, 3.8) is 0 Å². The van der Waals surface area contributed by atoms with Crippen molar-refractivity contribution in [1.29, 1.82) is 0 Å². The quantitative estimate of drug-likeness (QED) is 0.351. The number of carbonyl (C=O) groups is 2. The van der Waals surface area contributed by atoms with Gasteiger partial charge in [-0.05, 0) is 97.2 Å². The van der Waals surface area contributed by atoms with Crippen LogP contribution in [0, 0.1) is 31.5 Å². The standard InChI is InChI=1S/C31H31FO4/c1-18-19(2)29-24(15-26(30(29)33)21-8-4-5-9-21)16-28(18)36-17-20-7-6-10-22(13-20)25-14-23(31(34)35-3)11-12-27(25)32/h6-7,10-14,16,21,26H,4-5,8-9,15,17H2,1-3H3. The van der Waals surface area contributed by atoms with E-state index in [0.717, 1.165) is 52.8 Å². The summed E-state index contributed by atoms with van der Waals surface area (Å²) in [5, 5.41) is 0. The first-order valence-electron chi connectivity index (χ1n) is 12.6. The van der Waals surface area contributed by atoms with Crippen LogP contribution in [-0.2, 0) is 17.8 Å². The third-order valence-corrected chi connectivity index (χ3v) is 7.95. The molecule has 0 aromatic heterocycles. The molecule has 2 aliphatic carbocycles. The highest BCUT2D eigenvalue weighted by Gasteiger charge is 2.39. The number of Topliss-reactive ketones (excluding diaryl/α,β-unsaturated/α-hetero) is 1. The zero-order valence-corrected chi connectivity index (χ0v) is 21.0. The fourth-order valence-corrected chi connectivity index (χ4v) is 5.84. The number of fused-ring (bicyclic) bond motifs is 1. The Morgan fingerprint density at radius 1 is 1.03 bits per heavy atom. The van der Waals surface area contributed by atoms with Crippen LogP contribution in [0.1, 0.15) is 68.7 Å². The molecule has 0 aliphatic heterocycles. The van der Waals surface area contributed by atoms with Gasteiger partial charge in [-0.2, -0.15) is 0 Å². The topological polar surface area (TPSA) is 52.6 Å². The fourth-order valence-electron chi connectivity index (χ4n) is 5.84. The third-order valence-electron chi connectivity index (χ3n) is 7.95. The van der Waals surface area contributed by atoms with Gasteiger partial charge in [-0.15, -0.1) is 0 Å². The molecule has 3 aromatic carbocycles. The molecule has 0 bridgehead atoms. The van der Waals surface area contributed by atoms with Crippen LogP contribution in [0.15, 0.2) is 48.5 Å². The van der Waals surface area contributed by atoms with Gasteiger partial charge in [0.2, 0.25) is 0 Å². The van der Waals surface area contributed by atoms with Gasteiger partial charge in [0.15, 0.2) is 5.78 Å². The van der Waals surface area contributed by atoms with E-state index in [4.69, 9.17) is 9.47 Å². The second kappa shape index (κ2) is 9.88. The number of ketones is 1. The molecule has 1 unspecified atom stereocenters. The maximum atomic E-state index is 14.6. The van der Waals surface area contributed by atoms with Crippen molar-refractivity contribution < 1.29 is 23.5 Å². The molecule has 1 saturated carbocycles. The second-order valence-corrected chi connectivity index (χ2v) is 10.1. The molecule has 1 fully saturated rings. The minimum absolute atomic E-state index is 0.114. The molecule has 3 aromatic rings. The van der Waals surface area contributed by atoms with Gasteiger partial charge in [-0.25, -0.2) is 9.18 Å². The van der Waals surface area contributed by atoms with Crippen molar-refractivity contribution in [3.05, 3.63) is 87.7 Å². The smallest absolute Gasteiger partial charge is 0.337 e. The number of esters is 1. The van der Waals surface area contributed by atoms with Crippen LogP contribution in [0.5, 0.6) is 5.75 Å². The number of halogens is 1. The summed E-state index contributed by atoms with van der Waals surface area (Å²) >= 11 is 0. The highest BCUT2D eigenvalue weighted by atomic mass is 19.1. The summed E-state index contributed by atoms with van der Waals surface area (Å²) in [5.41, 5.74) is 6.18. The number of hydrogen-bond acceptors (Lipinski definition) is 4. The predicted molar refractivity (Wildman–Crippen MR) is 137 cm³/mol. The lowest BCUT2D eigenvalue weighted by molar-refractivity contribution is 0.0600. The molecular formula is C31H31FO4. The van der Waals surface area contributed by atoms with E-state index in [-0.39, 0.29) is 5.92 Å². The van der Waals surface area contributed by atoms with E-state index in [1.807, 2.05) is 44.2 Å². The van der Waals surface area contributed by atoms with Crippen LogP contribution in [0.2, 0.25) is 0 Å². The van der Waals surface area contributed by atoms with Crippen molar-refractivity contribution in [2.45, 2.75) is 52.6 Å². The summed E-state index contributed by atoms with van der Waals surface area (Å²) in [4.78, 5) is 25.1. The molecule has 2 aliphatic rings. The number of rotatable bonds is 6. The van der Waals surface area contributed by atoms with E-state index in [9.17, 15) is 14.0 Å². The number of carbonyl (C=O) groups excluding carboxylic acids is 2. The maximum absolute atomic E-state index is 14.6. The van der Waals surface area contributed by atoms with Crippen LogP contribution in [-0.4, -0.2) is 18.9 Å². The van der Waals surface area contributed by atoms with E-state index in [2.05, 4.69) is 0 Å². The lowest BCUT2D eigenvalue weighted by Crippen LogP contribution is -2.18. The summed E-state index contributed by atoms with van der Waals surface area (Å²) in [6, 6.07) is 13.7. The fraction of sp³-hybridized carbons (Fsp3) is 0.355. The highest BCUT2D eigenvalue weighted by Crippen LogP contribution is 2.43. The van der Waals surface area contributed by atoms with Crippen LogP contribution in [0.4, 0.5) is 4.39 Å². The Balaban J connectivity index is 1.37. The van der Waals surface area contributed by atoms with Crippen molar-refractivity contribution in [2.75, 3.05) is 7.11 Å². The summed E-state index contributed by atoms with van der Waals surface area (Å²) < 4.78 is 25.6. The molecule has 0 amide bonds. The molecule has 4 nitrogen and oxygen atoms in total. The van der Waals surface area contributed by atoms with Gasteiger partial charge < -0.3 is 9.47 Å². The Morgan fingerprint density at radius 2 is 1.81 bits per heavy atom. The molecule has 0 N–H and O–H groups in total. The minimum atomic E-state index is -0.508. The average Bonchev–Trinajstić information content (AvgIpc) is 3.53. The average molecular weight is 487 g/mol. The lowest BCUT2D eigenvalue weighted by Gasteiger charge is -2.16. The minimum Gasteiger partial charge on any atom is -0.489 e. The molecule has 186 valence electrons. The monoisotopic (exact) mass is 486 g/mol. The van der Waals surface area contributed by atoms with Gasteiger partial charge >= 0.3 is 5.97 Å². The number of hydrogen-bond donors (Lipinski definition) is 0. The van der Waals surface area contributed by atoms with Gasteiger partial charge in [-0.1, -0.05) is 31.0 Å². The Bertz CT molecular complexity index is 1340. The Kier molecular flexibility index (Phi) is 6.65. The molecule has 5 rings (SSSR count). The molecule has 0 spiro atoms. The van der Waals surface area contributed by atoms with Crippen molar-refractivity contribution in [1.82, 2.24) is 0 Å². The zero-order chi connectivity index (χ0) is 25.4. The largest absolute Gasteiger partial charge is 0.489 e. The lowest BCUT2D eigenvalue weighted by atomic mass is 9.87. The number of methoxy groups -OCH3 is 1. The Hall–Kier alpha value is -3.47. The third kappa shape index (κ3) is 4.43. The number of ether oxygens (including phenoxy) is 2. The highest BCUT2D eigenvalue weighted by molar-refractivity contribution is 6.04. The Labute approximate surface area is 211 Å². The first-order chi connectivity index (χ1) is 17.4. The zero-order valence-electron chi connectivity index (χ0n) is 21.0. The first kappa shape index (κ1) is 24.2.